The summed E-state index contributed by atoms with van der Waals surface area (Å²) in [5.74, 6) is -1.67. The Bertz CT molecular complexity index is 444. The number of benzene rings is 1. The third-order valence-corrected chi connectivity index (χ3v) is 2.30. The molecular weight excluding hydrogens is 290 g/mol. The Morgan fingerprint density at radius 3 is 2.60 bits per heavy atom. The first-order chi connectivity index (χ1) is 8.88. The third-order valence-electron chi connectivity index (χ3n) is 2.30. The number of halogens is 3. The number of hydrogen-bond donors (Lipinski definition) is 2. The minimum atomic E-state index is -0.769. The average molecular weight is 309 g/mol. The van der Waals surface area contributed by atoms with Gasteiger partial charge in [0.25, 0.3) is 0 Å². The zero-order valence-corrected chi connectivity index (χ0v) is 12.2. The van der Waals surface area contributed by atoms with E-state index in [9.17, 15) is 13.6 Å². The SMILES string of the molecule is CC(N)CC(=O)NC(C)COc1ccc(F)cc1F.Cl. The van der Waals surface area contributed by atoms with Crippen LogP contribution in [0.15, 0.2) is 18.2 Å². The quantitative estimate of drug-likeness (QED) is 0.845. The Hall–Kier alpha value is -1.40. The molecule has 0 aliphatic heterocycles. The van der Waals surface area contributed by atoms with Gasteiger partial charge in [0.05, 0.1) is 6.04 Å². The lowest BCUT2D eigenvalue weighted by Gasteiger charge is -2.16. The topological polar surface area (TPSA) is 64.4 Å². The van der Waals surface area contributed by atoms with Gasteiger partial charge in [-0.25, -0.2) is 8.78 Å². The molecule has 0 aromatic heterocycles. The summed E-state index contributed by atoms with van der Waals surface area (Å²) in [6, 6.07) is 2.55. The summed E-state index contributed by atoms with van der Waals surface area (Å²) >= 11 is 0. The molecule has 1 aromatic carbocycles. The van der Waals surface area contributed by atoms with E-state index in [0.29, 0.717) is 0 Å². The molecule has 1 aromatic rings. The summed E-state index contributed by atoms with van der Waals surface area (Å²) in [4.78, 5) is 11.4. The van der Waals surface area contributed by atoms with Crippen molar-refractivity contribution in [1.82, 2.24) is 5.32 Å². The zero-order valence-electron chi connectivity index (χ0n) is 11.4. The van der Waals surface area contributed by atoms with Gasteiger partial charge in [0, 0.05) is 18.5 Å². The minimum absolute atomic E-state index is 0. The number of nitrogens with one attached hydrogen (secondary N) is 1. The van der Waals surface area contributed by atoms with Crippen molar-refractivity contribution in [2.24, 2.45) is 5.73 Å². The Morgan fingerprint density at radius 2 is 2.05 bits per heavy atom. The third kappa shape index (κ3) is 6.68. The molecule has 20 heavy (non-hydrogen) atoms. The molecule has 0 aliphatic rings. The Kier molecular flexibility index (Phi) is 8.10. The van der Waals surface area contributed by atoms with Crippen molar-refractivity contribution in [1.29, 1.82) is 0 Å². The lowest BCUT2D eigenvalue weighted by molar-refractivity contribution is -0.122. The van der Waals surface area contributed by atoms with Crippen LogP contribution in [0.5, 0.6) is 5.75 Å². The molecule has 2 unspecified atom stereocenters. The number of nitrogens with two attached hydrogens (primary N) is 1. The van der Waals surface area contributed by atoms with Crippen molar-refractivity contribution in [3.05, 3.63) is 29.8 Å². The highest BCUT2D eigenvalue weighted by atomic mass is 35.5. The molecule has 4 nitrogen and oxygen atoms in total. The molecule has 3 N–H and O–H groups in total. The molecule has 0 heterocycles. The summed E-state index contributed by atoms with van der Waals surface area (Å²) in [7, 11) is 0. The van der Waals surface area contributed by atoms with Crippen molar-refractivity contribution in [2.45, 2.75) is 32.4 Å². The van der Waals surface area contributed by atoms with Crippen molar-refractivity contribution in [2.75, 3.05) is 6.61 Å². The average Bonchev–Trinajstić information content (AvgIpc) is 2.26. The van der Waals surface area contributed by atoms with Crippen molar-refractivity contribution >= 4 is 18.3 Å². The fourth-order valence-corrected chi connectivity index (χ4v) is 1.47. The number of hydrogen-bond acceptors (Lipinski definition) is 3. The number of carbonyl (C=O) groups is 1. The van der Waals surface area contributed by atoms with Crippen LogP contribution in [-0.4, -0.2) is 24.6 Å². The van der Waals surface area contributed by atoms with Crippen LogP contribution in [-0.2, 0) is 4.79 Å². The maximum absolute atomic E-state index is 13.3. The maximum Gasteiger partial charge on any atom is 0.221 e. The molecule has 0 bridgehead atoms. The highest BCUT2D eigenvalue weighted by molar-refractivity contribution is 5.85. The van der Waals surface area contributed by atoms with Crippen LogP contribution in [0, 0.1) is 11.6 Å². The van der Waals surface area contributed by atoms with Crippen LogP contribution in [0.4, 0.5) is 8.78 Å². The van der Waals surface area contributed by atoms with E-state index in [1.807, 2.05) is 0 Å². The Morgan fingerprint density at radius 1 is 1.40 bits per heavy atom. The van der Waals surface area contributed by atoms with Gasteiger partial charge >= 0.3 is 0 Å². The van der Waals surface area contributed by atoms with Gasteiger partial charge in [-0.2, -0.15) is 0 Å². The molecule has 0 aliphatic carbocycles. The number of carbonyl (C=O) groups excluding carboxylic acids is 1. The van der Waals surface area contributed by atoms with Crippen molar-refractivity contribution in [3.8, 4) is 5.75 Å². The van der Waals surface area contributed by atoms with Gasteiger partial charge < -0.3 is 15.8 Å². The highest BCUT2D eigenvalue weighted by Gasteiger charge is 2.11. The smallest absolute Gasteiger partial charge is 0.221 e. The van der Waals surface area contributed by atoms with E-state index in [4.69, 9.17) is 10.5 Å². The van der Waals surface area contributed by atoms with Crippen LogP contribution >= 0.6 is 12.4 Å². The second-order valence-electron chi connectivity index (χ2n) is 4.54. The first kappa shape index (κ1) is 18.6. The lowest BCUT2D eigenvalue weighted by atomic mass is 10.2. The molecule has 2 atom stereocenters. The predicted octanol–water partition coefficient (Wildman–Crippen LogP) is 2.01. The fourth-order valence-electron chi connectivity index (χ4n) is 1.47. The summed E-state index contributed by atoms with van der Waals surface area (Å²) in [5, 5.41) is 2.67. The molecule has 0 saturated carbocycles. The Labute approximate surface area is 123 Å². The van der Waals surface area contributed by atoms with E-state index in [0.717, 1.165) is 12.1 Å². The molecular formula is C13H19ClF2N2O2. The first-order valence-electron chi connectivity index (χ1n) is 6.01. The molecule has 114 valence electrons. The van der Waals surface area contributed by atoms with E-state index in [-0.39, 0.29) is 49.2 Å². The number of rotatable bonds is 6. The van der Waals surface area contributed by atoms with E-state index < -0.39 is 11.6 Å². The number of ether oxygens (including phenoxy) is 1. The van der Waals surface area contributed by atoms with Gasteiger partial charge in [-0.15, -0.1) is 12.4 Å². The van der Waals surface area contributed by atoms with Crippen LogP contribution in [0.1, 0.15) is 20.3 Å². The van der Waals surface area contributed by atoms with Crippen molar-refractivity contribution in [3.63, 3.8) is 0 Å². The van der Waals surface area contributed by atoms with Crippen molar-refractivity contribution < 1.29 is 18.3 Å². The van der Waals surface area contributed by atoms with Crippen LogP contribution in [0.25, 0.3) is 0 Å². The molecule has 0 fully saturated rings. The van der Waals surface area contributed by atoms with E-state index >= 15 is 0 Å². The molecule has 1 amide bonds. The van der Waals surface area contributed by atoms with Gasteiger partial charge in [0.15, 0.2) is 11.6 Å². The zero-order chi connectivity index (χ0) is 14.4. The van der Waals surface area contributed by atoms with Gasteiger partial charge in [0.1, 0.15) is 12.4 Å². The fraction of sp³-hybridized carbons (Fsp3) is 0.462. The summed E-state index contributed by atoms with van der Waals surface area (Å²) < 4.78 is 31.1. The standard InChI is InChI=1S/C13H18F2N2O2.ClH/c1-8(16)5-13(18)17-9(2)7-19-12-4-3-10(14)6-11(12)15;/h3-4,6,8-9H,5,7,16H2,1-2H3,(H,17,18);1H. The van der Waals surface area contributed by atoms with Crippen LogP contribution in [0.2, 0.25) is 0 Å². The second-order valence-corrected chi connectivity index (χ2v) is 4.54. The van der Waals surface area contributed by atoms with Gasteiger partial charge in [-0.3, -0.25) is 4.79 Å². The van der Waals surface area contributed by atoms with E-state index in [2.05, 4.69) is 5.32 Å². The maximum atomic E-state index is 13.3. The van der Waals surface area contributed by atoms with Crippen LogP contribution < -0.4 is 15.8 Å². The summed E-state index contributed by atoms with van der Waals surface area (Å²) in [6.07, 6.45) is 0.218. The van der Waals surface area contributed by atoms with Gasteiger partial charge in [-0.1, -0.05) is 0 Å². The normalized spacial score (nSPS) is 13.1. The van der Waals surface area contributed by atoms with Gasteiger partial charge in [0.2, 0.25) is 5.91 Å². The van der Waals surface area contributed by atoms with Crippen LogP contribution in [0.3, 0.4) is 0 Å². The number of amides is 1. The molecule has 0 saturated heterocycles. The predicted molar refractivity (Wildman–Crippen MR) is 75.0 cm³/mol. The van der Waals surface area contributed by atoms with E-state index in [1.54, 1.807) is 13.8 Å². The largest absolute Gasteiger partial charge is 0.488 e. The minimum Gasteiger partial charge on any atom is -0.488 e. The van der Waals surface area contributed by atoms with E-state index in [1.165, 1.54) is 6.07 Å². The molecule has 7 heteroatoms. The molecule has 0 spiro atoms. The monoisotopic (exact) mass is 308 g/mol. The molecule has 0 radical (unpaired) electrons. The Balaban J connectivity index is 0.00000361. The van der Waals surface area contributed by atoms with Gasteiger partial charge in [-0.05, 0) is 26.0 Å². The summed E-state index contributed by atoms with van der Waals surface area (Å²) in [5.41, 5.74) is 5.49. The second kappa shape index (κ2) is 8.71. The lowest BCUT2D eigenvalue weighted by Crippen LogP contribution is -2.39. The molecule has 1 rings (SSSR count). The first-order valence-corrected chi connectivity index (χ1v) is 6.01. The highest BCUT2D eigenvalue weighted by Crippen LogP contribution is 2.17. The summed E-state index contributed by atoms with van der Waals surface area (Å²) in [6.45, 7) is 3.54.